The summed E-state index contributed by atoms with van der Waals surface area (Å²) in [5.74, 6) is 0.403. The van der Waals surface area contributed by atoms with Gasteiger partial charge in [-0.3, -0.25) is 0 Å². The molecule has 4 nitrogen and oxygen atoms in total. The Morgan fingerprint density at radius 1 is 1.50 bits per heavy atom. The van der Waals surface area contributed by atoms with Crippen LogP contribution in [0.5, 0.6) is 0 Å². The van der Waals surface area contributed by atoms with Crippen LogP contribution in [0, 0.1) is 12.8 Å². The van der Waals surface area contributed by atoms with Crippen molar-refractivity contribution >= 4 is 26.0 Å². The van der Waals surface area contributed by atoms with Crippen molar-refractivity contribution in [2.75, 3.05) is 0 Å². The van der Waals surface area contributed by atoms with E-state index in [1.165, 1.54) is 6.07 Å². The van der Waals surface area contributed by atoms with Crippen LogP contribution in [0.3, 0.4) is 0 Å². The van der Waals surface area contributed by atoms with Crippen LogP contribution in [0.25, 0.3) is 0 Å². The number of sulfonamides is 1. The Kier molecular flexibility index (Phi) is 3.82. The van der Waals surface area contributed by atoms with Crippen LogP contribution in [0.4, 0.5) is 0 Å². The topological polar surface area (TPSA) is 66.4 Å². The summed E-state index contributed by atoms with van der Waals surface area (Å²) >= 11 is 3.30. The highest BCUT2D eigenvalue weighted by molar-refractivity contribution is 9.10. The Morgan fingerprint density at radius 2 is 2.11 bits per heavy atom. The maximum Gasteiger partial charge on any atom is 0.241 e. The van der Waals surface area contributed by atoms with E-state index in [1.54, 1.807) is 6.07 Å². The van der Waals surface area contributed by atoms with Gasteiger partial charge in [0, 0.05) is 10.5 Å². The number of rotatable bonds is 4. The first-order chi connectivity index (χ1) is 8.35. The normalized spacial score (nSPS) is 23.1. The Hall–Kier alpha value is -0.430. The van der Waals surface area contributed by atoms with Crippen LogP contribution < -0.4 is 4.72 Å². The SMILES string of the molecule is Cc1cc(CO)cc(S(=O)(=O)NC2CC2C)c1Br. The molecular weight excluding hydrogens is 318 g/mol. The van der Waals surface area contributed by atoms with Crippen molar-refractivity contribution in [3.8, 4) is 0 Å². The lowest BCUT2D eigenvalue weighted by molar-refractivity contribution is 0.281. The Morgan fingerprint density at radius 3 is 2.61 bits per heavy atom. The van der Waals surface area contributed by atoms with Gasteiger partial charge in [0.05, 0.1) is 11.5 Å². The second-order valence-corrected chi connectivity index (χ2v) is 7.30. The summed E-state index contributed by atoms with van der Waals surface area (Å²) in [5, 5.41) is 9.15. The minimum atomic E-state index is -3.52. The number of aryl methyl sites for hydroxylation is 1. The lowest BCUT2D eigenvalue weighted by atomic mass is 10.1. The third kappa shape index (κ3) is 2.77. The van der Waals surface area contributed by atoms with Crippen molar-refractivity contribution in [1.29, 1.82) is 0 Å². The van der Waals surface area contributed by atoms with Gasteiger partial charge in [0.25, 0.3) is 0 Å². The van der Waals surface area contributed by atoms with E-state index in [0.717, 1.165) is 12.0 Å². The molecule has 0 saturated heterocycles. The molecule has 1 aliphatic rings. The molecule has 0 amide bonds. The molecule has 0 aliphatic heterocycles. The molecule has 0 heterocycles. The Bertz CT molecular complexity index is 571. The summed E-state index contributed by atoms with van der Waals surface area (Å²) in [4.78, 5) is 0.200. The smallest absolute Gasteiger partial charge is 0.241 e. The average molecular weight is 334 g/mol. The standard InChI is InChI=1S/C12H16BrNO3S/c1-7-4-10(7)14-18(16,17)11-5-9(6-15)3-8(2)12(11)13/h3,5,7,10,14-15H,4,6H2,1-2H3. The quantitative estimate of drug-likeness (QED) is 0.884. The average Bonchev–Trinajstić information content (AvgIpc) is 2.96. The fraction of sp³-hybridized carbons (Fsp3) is 0.500. The van der Waals surface area contributed by atoms with Gasteiger partial charge in [0.15, 0.2) is 0 Å². The van der Waals surface area contributed by atoms with Gasteiger partial charge in [0.1, 0.15) is 0 Å². The molecule has 100 valence electrons. The van der Waals surface area contributed by atoms with E-state index in [0.29, 0.717) is 16.0 Å². The summed E-state index contributed by atoms with van der Waals surface area (Å²) in [5.41, 5.74) is 1.39. The van der Waals surface area contributed by atoms with Crippen molar-refractivity contribution < 1.29 is 13.5 Å². The number of nitrogens with one attached hydrogen (secondary N) is 1. The second kappa shape index (κ2) is 4.92. The summed E-state index contributed by atoms with van der Waals surface area (Å²) in [6, 6.07) is 3.31. The molecule has 6 heteroatoms. The summed E-state index contributed by atoms with van der Waals surface area (Å²) in [6.45, 7) is 3.65. The molecule has 1 fully saturated rings. The van der Waals surface area contributed by atoms with E-state index in [4.69, 9.17) is 5.11 Å². The fourth-order valence-electron chi connectivity index (χ4n) is 1.85. The van der Waals surface area contributed by atoms with Crippen LogP contribution in [-0.2, 0) is 16.6 Å². The van der Waals surface area contributed by atoms with E-state index in [1.807, 2.05) is 13.8 Å². The third-order valence-electron chi connectivity index (χ3n) is 3.17. The number of halogens is 1. The first kappa shape index (κ1) is 14.0. The van der Waals surface area contributed by atoms with Gasteiger partial charge in [-0.2, -0.15) is 0 Å². The summed E-state index contributed by atoms with van der Waals surface area (Å²) in [6.07, 6.45) is 0.884. The molecule has 0 bridgehead atoms. The molecule has 2 atom stereocenters. The van der Waals surface area contributed by atoms with Gasteiger partial charge >= 0.3 is 0 Å². The molecule has 1 aromatic carbocycles. The van der Waals surface area contributed by atoms with Crippen molar-refractivity contribution in [3.05, 3.63) is 27.7 Å². The predicted molar refractivity (Wildman–Crippen MR) is 72.7 cm³/mol. The number of benzene rings is 1. The van der Waals surface area contributed by atoms with Crippen molar-refractivity contribution in [3.63, 3.8) is 0 Å². The first-order valence-corrected chi connectivity index (χ1v) is 8.05. The van der Waals surface area contributed by atoms with Gasteiger partial charge < -0.3 is 5.11 Å². The van der Waals surface area contributed by atoms with Crippen LogP contribution in [-0.4, -0.2) is 19.6 Å². The van der Waals surface area contributed by atoms with E-state index in [2.05, 4.69) is 20.7 Å². The lowest BCUT2D eigenvalue weighted by Gasteiger charge is -2.11. The van der Waals surface area contributed by atoms with Crippen molar-refractivity contribution in [2.45, 2.75) is 37.8 Å². The predicted octanol–water partition coefficient (Wildman–Crippen LogP) is 1.94. The van der Waals surface area contributed by atoms with Gasteiger partial charge in [-0.1, -0.05) is 13.0 Å². The highest BCUT2D eigenvalue weighted by atomic mass is 79.9. The highest BCUT2D eigenvalue weighted by Gasteiger charge is 2.37. The Balaban J connectivity index is 2.39. The third-order valence-corrected chi connectivity index (χ3v) is 6.00. The monoisotopic (exact) mass is 333 g/mol. The van der Waals surface area contributed by atoms with Crippen LogP contribution in [0.15, 0.2) is 21.5 Å². The Labute approximate surface area is 116 Å². The zero-order valence-electron chi connectivity index (χ0n) is 10.3. The van der Waals surface area contributed by atoms with Crippen LogP contribution in [0.1, 0.15) is 24.5 Å². The molecular formula is C12H16BrNO3S. The van der Waals surface area contributed by atoms with E-state index < -0.39 is 10.0 Å². The van der Waals surface area contributed by atoms with Crippen molar-refractivity contribution in [1.82, 2.24) is 4.72 Å². The molecule has 2 rings (SSSR count). The number of aliphatic hydroxyl groups is 1. The van der Waals surface area contributed by atoms with Crippen LogP contribution >= 0.6 is 15.9 Å². The number of hydrogen-bond donors (Lipinski definition) is 2. The maximum absolute atomic E-state index is 12.2. The van der Waals surface area contributed by atoms with Gasteiger partial charge in [-0.05, 0) is 52.4 Å². The molecule has 1 aliphatic carbocycles. The largest absolute Gasteiger partial charge is 0.392 e. The highest BCUT2D eigenvalue weighted by Crippen LogP contribution is 2.33. The van der Waals surface area contributed by atoms with E-state index >= 15 is 0 Å². The molecule has 2 N–H and O–H groups in total. The maximum atomic E-state index is 12.2. The minimum absolute atomic E-state index is 0.0417. The lowest BCUT2D eigenvalue weighted by Crippen LogP contribution is -2.27. The van der Waals surface area contributed by atoms with E-state index in [-0.39, 0.29) is 17.5 Å². The van der Waals surface area contributed by atoms with Gasteiger partial charge in [-0.25, -0.2) is 13.1 Å². The molecule has 0 spiro atoms. The molecule has 18 heavy (non-hydrogen) atoms. The van der Waals surface area contributed by atoms with Gasteiger partial charge in [0.2, 0.25) is 10.0 Å². The van der Waals surface area contributed by atoms with Crippen molar-refractivity contribution in [2.24, 2.45) is 5.92 Å². The number of aliphatic hydroxyl groups excluding tert-OH is 1. The van der Waals surface area contributed by atoms with E-state index in [9.17, 15) is 8.42 Å². The molecule has 1 saturated carbocycles. The minimum Gasteiger partial charge on any atom is -0.392 e. The molecule has 2 unspecified atom stereocenters. The van der Waals surface area contributed by atoms with Gasteiger partial charge in [-0.15, -0.1) is 0 Å². The summed E-state index contributed by atoms with van der Waals surface area (Å²) < 4.78 is 27.7. The number of hydrogen-bond acceptors (Lipinski definition) is 3. The molecule has 0 radical (unpaired) electrons. The molecule has 1 aromatic rings. The zero-order chi connectivity index (χ0) is 13.5. The second-order valence-electron chi connectivity index (χ2n) is 4.82. The zero-order valence-corrected chi connectivity index (χ0v) is 12.7. The summed E-state index contributed by atoms with van der Waals surface area (Å²) in [7, 11) is -3.52. The fourth-order valence-corrected chi connectivity index (χ4v) is 4.27. The first-order valence-electron chi connectivity index (χ1n) is 5.77. The van der Waals surface area contributed by atoms with Crippen LogP contribution in [0.2, 0.25) is 0 Å². The molecule has 0 aromatic heterocycles.